The fourth-order valence-electron chi connectivity index (χ4n) is 0.847. The van der Waals surface area contributed by atoms with Crippen LogP contribution >= 0.6 is 0 Å². The monoisotopic (exact) mass is 194 g/mol. The van der Waals surface area contributed by atoms with Crippen molar-refractivity contribution in [3.05, 3.63) is 22.8 Å². The lowest BCUT2D eigenvalue weighted by Gasteiger charge is -2.05. The Morgan fingerprint density at radius 2 is 1.21 bits per heavy atom. The first-order valence-electron chi connectivity index (χ1n) is 3.23. The molecule has 0 aromatic carbocycles. The Balaban J connectivity index is 3.48. The second-order valence-corrected chi connectivity index (χ2v) is 2.26. The van der Waals surface area contributed by atoms with Crippen LogP contribution in [0.25, 0.3) is 0 Å². The number of carbonyl (C=O) groups excluding carboxylic acids is 2. The number of allylic oxidation sites excluding steroid dienone is 4. The van der Waals surface area contributed by atoms with Crippen molar-refractivity contribution < 1.29 is 18.4 Å². The maximum absolute atomic E-state index is 12.8. The highest BCUT2D eigenvalue weighted by Gasteiger charge is 2.36. The Bertz CT molecular complexity index is 446. The summed E-state index contributed by atoms with van der Waals surface area (Å²) >= 11 is 0. The summed E-state index contributed by atoms with van der Waals surface area (Å²) < 4.78 is 25.5. The van der Waals surface area contributed by atoms with Gasteiger partial charge in [0.25, 0.3) is 5.78 Å². The Hall–Kier alpha value is -2.34. The van der Waals surface area contributed by atoms with E-state index in [1.807, 2.05) is 0 Å². The van der Waals surface area contributed by atoms with Crippen LogP contribution in [-0.4, -0.2) is 11.6 Å². The number of carbonyl (C=O) groups is 2. The molecule has 0 spiro atoms. The van der Waals surface area contributed by atoms with Crippen molar-refractivity contribution in [3.63, 3.8) is 0 Å². The van der Waals surface area contributed by atoms with Gasteiger partial charge in [-0.2, -0.15) is 10.5 Å². The minimum atomic E-state index is -1.76. The van der Waals surface area contributed by atoms with Crippen molar-refractivity contribution >= 4 is 11.6 Å². The molecule has 0 N–H and O–H groups in total. The molecule has 0 unspecified atom stereocenters. The first-order valence-corrected chi connectivity index (χ1v) is 3.23. The van der Waals surface area contributed by atoms with Crippen LogP contribution in [0, 0.1) is 22.7 Å². The quantitative estimate of drug-likeness (QED) is 0.529. The van der Waals surface area contributed by atoms with Crippen molar-refractivity contribution in [2.45, 2.75) is 0 Å². The highest BCUT2D eigenvalue weighted by atomic mass is 19.1. The van der Waals surface area contributed by atoms with Gasteiger partial charge in [0.15, 0.2) is 11.7 Å². The molecule has 1 aliphatic carbocycles. The molecule has 0 atom stereocenters. The predicted molar refractivity (Wildman–Crippen MR) is 37.5 cm³/mol. The van der Waals surface area contributed by atoms with Crippen LogP contribution in [0.4, 0.5) is 8.78 Å². The van der Waals surface area contributed by atoms with Crippen LogP contribution in [0.2, 0.25) is 0 Å². The molecule has 6 heteroatoms. The van der Waals surface area contributed by atoms with E-state index >= 15 is 0 Å². The molecule has 0 aromatic rings. The van der Waals surface area contributed by atoms with Crippen molar-refractivity contribution in [3.8, 4) is 12.1 Å². The van der Waals surface area contributed by atoms with E-state index in [2.05, 4.69) is 0 Å². The van der Waals surface area contributed by atoms with E-state index in [1.165, 1.54) is 0 Å². The topological polar surface area (TPSA) is 81.7 Å². The van der Waals surface area contributed by atoms with Gasteiger partial charge in [-0.1, -0.05) is 0 Å². The lowest BCUT2D eigenvalue weighted by Crippen LogP contribution is -2.19. The van der Waals surface area contributed by atoms with Crippen molar-refractivity contribution in [1.82, 2.24) is 0 Å². The zero-order valence-electron chi connectivity index (χ0n) is 6.47. The molecule has 0 amide bonds. The van der Waals surface area contributed by atoms with Gasteiger partial charge in [-0.05, 0) is 0 Å². The second kappa shape index (κ2) is 3.19. The molecular formula is C8F2N2O2. The summed E-state index contributed by atoms with van der Waals surface area (Å²) in [4.78, 5) is 21.7. The summed E-state index contributed by atoms with van der Waals surface area (Å²) in [5.41, 5.74) is -2.26. The zero-order chi connectivity index (χ0) is 10.9. The molecule has 14 heavy (non-hydrogen) atoms. The molecular weight excluding hydrogens is 194 g/mol. The largest absolute Gasteiger partial charge is 0.287 e. The van der Waals surface area contributed by atoms with E-state index < -0.39 is 34.4 Å². The van der Waals surface area contributed by atoms with Gasteiger partial charge in [-0.25, -0.2) is 8.78 Å². The number of ketones is 2. The number of nitriles is 2. The standard InChI is InChI=1S/C8F2N2O2/c9-5-3(1-11)7(13)4(2-12)6(10)8(5)14. The molecule has 0 heterocycles. The number of halogens is 2. The van der Waals surface area contributed by atoms with Gasteiger partial charge in [0.1, 0.15) is 23.3 Å². The zero-order valence-corrected chi connectivity index (χ0v) is 6.47. The number of hydrogen-bond donors (Lipinski definition) is 0. The molecule has 0 radical (unpaired) electrons. The molecule has 0 fully saturated rings. The van der Waals surface area contributed by atoms with E-state index in [0.717, 1.165) is 12.1 Å². The molecule has 0 bridgehead atoms. The molecule has 0 aliphatic heterocycles. The van der Waals surface area contributed by atoms with Gasteiger partial charge in [0, 0.05) is 0 Å². The van der Waals surface area contributed by atoms with Crippen LogP contribution in [0.5, 0.6) is 0 Å². The molecule has 68 valence electrons. The fourth-order valence-corrected chi connectivity index (χ4v) is 0.847. The maximum atomic E-state index is 12.8. The molecule has 1 aliphatic rings. The summed E-state index contributed by atoms with van der Waals surface area (Å²) in [5, 5.41) is 16.5. The summed E-state index contributed by atoms with van der Waals surface area (Å²) in [7, 11) is 0. The van der Waals surface area contributed by atoms with Crippen LogP contribution < -0.4 is 0 Å². The van der Waals surface area contributed by atoms with Gasteiger partial charge in [-0.3, -0.25) is 9.59 Å². The Morgan fingerprint density at radius 1 is 0.857 bits per heavy atom. The third kappa shape index (κ3) is 1.10. The van der Waals surface area contributed by atoms with E-state index in [1.54, 1.807) is 0 Å². The van der Waals surface area contributed by atoms with E-state index in [9.17, 15) is 18.4 Å². The smallest absolute Gasteiger partial charge is 0.252 e. The lowest BCUT2D eigenvalue weighted by atomic mass is 9.96. The Kier molecular flexibility index (Phi) is 2.22. The fraction of sp³-hybridized carbons (Fsp3) is 0. The van der Waals surface area contributed by atoms with Gasteiger partial charge in [0.05, 0.1) is 0 Å². The molecule has 0 saturated carbocycles. The average molecular weight is 194 g/mol. The number of Topliss-reactive ketones (excluding diaryl/α,β-unsaturated/α-hetero) is 2. The molecule has 1 rings (SSSR count). The van der Waals surface area contributed by atoms with Gasteiger partial charge in [0.2, 0.25) is 5.78 Å². The van der Waals surface area contributed by atoms with Gasteiger partial charge < -0.3 is 0 Å². The molecule has 4 nitrogen and oxygen atoms in total. The van der Waals surface area contributed by atoms with Crippen molar-refractivity contribution in [2.75, 3.05) is 0 Å². The van der Waals surface area contributed by atoms with Gasteiger partial charge in [-0.15, -0.1) is 0 Å². The summed E-state index contributed by atoms with van der Waals surface area (Å²) in [6.45, 7) is 0. The SMILES string of the molecule is N#CC1=C(F)C(=O)C(F)=C(C#N)C1=O. The summed E-state index contributed by atoms with van der Waals surface area (Å²) in [6, 6.07) is 2.20. The van der Waals surface area contributed by atoms with E-state index in [-0.39, 0.29) is 0 Å². The third-order valence-electron chi connectivity index (χ3n) is 1.52. The summed E-state index contributed by atoms with van der Waals surface area (Å²) in [6.07, 6.45) is 0. The van der Waals surface area contributed by atoms with Crippen LogP contribution in [0.3, 0.4) is 0 Å². The maximum Gasteiger partial charge on any atom is 0.252 e. The minimum absolute atomic E-state index is 1.10. The highest BCUT2D eigenvalue weighted by Crippen LogP contribution is 2.25. The predicted octanol–water partition coefficient (Wildman–Crippen LogP) is 0.633. The Labute approximate surface area is 76.3 Å². The Morgan fingerprint density at radius 3 is 1.50 bits per heavy atom. The normalized spacial score (nSPS) is 16.9. The summed E-state index contributed by atoms with van der Waals surface area (Å²) in [5.74, 6) is -6.65. The van der Waals surface area contributed by atoms with Crippen molar-refractivity contribution in [2.24, 2.45) is 0 Å². The second-order valence-electron chi connectivity index (χ2n) is 2.26. The van der Waals surface area contributed by atoms with Crippen LogP contribution in [0.15, 0.2) is 22.8 Å². The van der Waals surface area contributed by atoms with Crippen LogP contribution in [-0.2, 0) is 9.59 Å². The van der Waals surface area contributed by atoms with E-state index in [4.69, 9.17) is 10.5 Å². The first-order chi connectivity index (χ1) is 6.54. The number of hydrogen-bond acceptors (Lipinski definition) is 4. The van der Waals surface area contributed by atoms with E-state index in [0.29, 0.717) is 0 Å². The van der Waals surface area contributed by atoms with Gasteiger partial charge >= 0.3 is 0 Å². The number of nitrogens with zero attached hydrogens (tertiary/aromatic N) is 2. The van der Waals surface area contributed by atoms with Crippen LogP contribution in [0.1, 0.15) is 0 Å². The average Bonchev–Trinajstić information content (AvgIpc) is 2.16. The van der Waals surface area contributed by atoms with Crippen molar-refractivity contribution in [1.29, 1.82) is 10.5 Å². The molecule has 0 saturated heterocycles. The first kappa shape index (κ1) is 9.75. The minimum Gasteiger partial charge on any atom is -0.287 e. The highest BCUT2D eigenvalue weighted by molar-refractivity contribution is 6.26. The number of rotatable bonds is 0. The lowest BCUT2D eigenvalue weighted by molar-refractivity contribution is -0.118. The molecule has 0 aromatic heterocycles. The third-order valence-corrected chi connectivity index (χ3v) is 1.52.